The molecule has 1 fully saturated rings. The molecule has 1 aliphatic rings. The molecule has 5 nitrogen and oxygen atoms in total. The van der Waals surface area contributed by atoms with Crippen molar-refractivity contribution in [3.05, 3.63) is 57.8 Å². The molecule has 1 aromatic heterocycles. The van der Waals surface area contributed by atoms with Gasteiger partial charge in [-0.15, -0.1) is 0 Å². The van der Waals surface area contributed by atoms with E-state index in [1.165, 1.54) is 6.20 Å². The molecule has 1 aromatic carbocycles. The predicted octanol–water partition coefficient (Wildman–Crippen LogP) is 3.64. The van der Waals surface area contributed by atoms with Gasteiger partial charge >= 0.3 is 0 Å². The number of hydrogen-bond acceptors (Lipinski definition) is 3. The van der Waals surface area contributed by atoms with Crippen molar-refractivity contribution in [3.63, 3.8) is 0 Å². The van der Waals surface area contributed by atoms with Crippen LogP contribution in [0.1, 0.15) is 39.3 Å². The fraction of sp³-hybridized carbons (Fsp3) is 0.278. The van der Waals surface area contributed by atoms with E-state index in [0.29, 0.717) is 5.56 Å². The number of rotatable bonds is 3. The van der Waals surface area contributed by atoms with Crippen molar-refractivity contribution in [1.82, 2.24) is 9.88 Å². The van der Waals surface area contributed by atoms with Crippen molar-refractivity contribution >= 4 is 33.4 Å². The zero-order valence-corrected chi connectivity index (χ0v) is 15.0. The summed E-state index contributed by atoms with van der Waals surface area (Å²) in [7, 11) is 0. The maximum Gasteiger partial charge on any atom is 0.274 e. The lowest BCUT2D eigenvalue weighted by atomic mass is 10.1. The molecular weight excluding hydrogens is 370 g/mol. The molecule has 0 atom stereocenters. The van der Waals surface area contributed by atoms with Gasteiger partial charge in [-0.25, -0.2) is 0 Å². The van der Waals surface area contributed by atoms with E-state index < -0.39 is 0 Å². The topological polar surface area (TPSA) is 62.3 Å². The second-order valence-corrected chi connectivity index (χ2v) is 6.76. The molecule has 1 aliphatic heterocycles. The molecule has 0 unspecified atom stereocenters. The molecule has 3 rings (SSSR count). The number of carbonyl (C=O) groups excluding carboxylic acids is 2. The number of nitrogens with zero attached hydrogens (tertiary/aromatic N) is 2. The second-order valence-electron chi connectivity index (χ2n) is 5.84. The van der Waals surface area contributed by atoms with Gasteiger partial charge in [0.15, 0.2) is 0 Å². The summed E-state index contributed by atoms with van der Waals surface area (Å²) >= 11 is 3.40. The quantitative estimate of drug-likeness (QED) is 0.874. The normalized spacial score (nSPS) is 13.8. The largest absolute Gasteiger partial charge is 0.339 e. The van der Waals surface area contributed by atoms with Gasteiger partial charge in [-0.1, -0.05) is 15.9 Å². The summed E-state index contributed by atoms with van der Waals surface area (Å²) < 4.78 is 0.953. The number of aryl methyl sites for hydroxylation is 1. The van der Waals surface area contributed by atoms with Crippen LogP contribution in [-0.2, 0) is 0 Å². The second kappa shape index (κ2) is 7.13. The summed E-state index contributed by atoms with van der Waals surface area (Å²) in [5, 5.41) is 2.84. The maximum absolute atomic E-state index is 12.4. The lowest BCUT2D eigenvalue weighted by molar-refractivity contribution is 0.0792. The Hall–Kier alpha value is -2.21. The van der Waals surface area contributed by atoms with Crippen LogP contribution >= 0.6 is 15.9 Å². The molecule has 2 amide bonds. The molecule has 6 heteroatoms. The first kappa shape index (κ1) is 16.6. The summed E-state index contributed by atoms with van der Waals surface area (Å²) in [6.07, 6.45) is 3.58. The molecule has 0 aliphatic carbocycles. The average Bonchev–Trinajstić information content (AvgIpc) is 3.11. The van der Waals surface area contributed by atoms with Gasteiger partial charge in [-0.05, 0) is 55.7 Å². The van der Waals surface area contributed by atoms with Gasteiger partial charge in [-0.3, -0.25) is 14.6 Å². The van der Waals surface area contributed by atoms with E-state index in [2.05, 4.69) is 26.2 Å². The Labute approximate surface area is 149 Å². The smallest absolute Gasteiger partial charge is 0.274 e. The molecule has 24 heavy (non-hydrogen) atoms. The van der Waals surface area contributed by atoms with E-state index >= 15 is 0 Å². The van der Waals surface area contributed by atoms with Crippen LogP contribution in [0.5, 0.6) is 0 Å². The highest BCUT2D eigenvalue weighted by Gasteiger charge is 2.20. The van der Waals surface area contributed by atoms with Crippen LogP contribution in [-0.4, -0.2) is 34.8 Å². The van der Waals surface area contributed by atoms with E-state index in [9.17, 15) is 9.59 Å². The number of benzene rings is 1. The molecule has 0 saturated carbocycles. The van der Waals surface area contributed by atoms with Gasteiger partial charge < -0.3 is 10.2 Å². The highest BCUT2D eigenvalue weighted by Crippen LogP contribution is 2.21. The standard InChI is InChI=1S/C18H18BrN3O2/c1-12-10-14(19)4-5-15(12)21-17(23)16-11-13(6-7-20-16)18(24)22-8-2-3-9-22/h4-7,10-11H,2-3,8-9H2,1H3,(H,21,23). The fourth-order valence-electron chi connectivity index (χ4n) is 2.74. The summed E-state index contributed by atoms with van der Waals surface area (Å²) in [6, 6.07) is 8.84. The SMILES string of the molecule is Cc1cc(Br)ccc1NC(=O)c1cc(C(=O)N2CCCC2)ccn1. The molecule has 124 valence electrons. The number of carbonyl (C=O) groups is 2. The Morgan fingerprint density at radius 1 is 1.17 bits per heavy atom. The minimum atomic E-state index is -0.323. The van der Waals surface area contributed by atoms with Gasteiger partial charge in [0, 0.05) is 35.0 Å². The first-order chi connectivity index (χ1) is 11.5. The molecule has 0 spiro atoms. The minimum Gasteiger partial charge on any atom is -0.339 e. The monoisotopic (exact) mass is 387 g/mol. The zero-order chi connectivity index (χ0) is 17.1. The van der Waals surface area contributed by atoms with Crippen molar-refractivity contribution in [1.29, 1.82) is 0 Å². The Bertz CT molecular complexity index is 786. The molecule has 0 radical (unpaired) electrons. The van der Waals surface area contributed by atoms with Crippen molar-refractivity contribution in [2.75, 3.05) is 18.4 Å². The van der Waals surface area contributed by atoms with Gasteiger partial charge in [-0.2, -0.15) is 0 Å². The zero-order valence-electron chi connectivity index (χ0n) is 13.4. The van der Waals surface area contributed by atoms with Crippen LogP contribution in [0, 0.1) is 6.92 Å². The van der Waals surface area contributed by atoms with E-state index in [1.807, 2.05) is 30.0 Å². The Kier molecular flexibility index (Phi) is 4.94. The third-order valence-corrected chi connectivity index (χ3v) is 4.56. The first-order valence-electron chi connectivity index (χ1n) is 7.87. The molecular formula is C18H18BrN3O2. The van der Waals surface area contributed by atoms with Gasteiger partial charge in [0.2, 0.25) is 0 Å². The van der Waals surface area contributed by atoms with E-state index in [-0.39, 0.29) is 17.5 Å². The Morgan fingerprint density at radius 3 is 2.62 bits per heavy atom. The Balaban J connectivity index is 1.77. The number of aromatic nitrogens is 1. The fourth-order valence-corrected chi connectivity index (χ4v) is 3.22. The highest BCUT2D eigenvalue weighted by atomic mass is 79.9. The van der Waals surface area contributed by atoms with Gasteiger partial charge in [0.25, 0.3) is 11.8 Å². The third kappa shape index (κ3) is 3.64. The van der Waals surface area contributed by atoms with E-state index in [4.69, 9.17) is 0 Å². The van der Waals surface area contributed by atoms with Gasteiger partial charge in [0.1, 0.15) is 5.69 Å². The summed E-state index contributed by atoms with van der Waals surface area (Å²) in [5.74, 6) is -0.361. The number of likely N-dealkylation sites (tertiary alicyclic amines) is 1. The number of pyridine rings is 1. The first-order valence-corrected chi connectivity index (χ1v) is 8.67. The number of amides is 2. The lowest BCUT2D eigenvalue weighted by Crippen LogP contribution is -2.28. The molecule has 1 saturated heterocycles. The number of nitrogens with one attached hydrogen (secondary N) is 1. The maximum atomic E-state index is 12.4. The van der Waals surface area contributed by atoms with Crippen LogP contribution in [0.15, 0.2) is 41.0 Å². The average molecular weight is 388 g/mol. The van der Waals surface area contributed by atoms with Crippen LogP contribution in [0.4, 0.5) is 5.69 Å². The minimum absolute atomic E-state index is 0.0382. The van der Waals surface area contributed by atoms with E-state index in [0.717, 1.165) is 41.7 Å². The third-order valence-electron chi connectivity index (χ3n) is 4.07. The molecule has 2 aromatic rings. The number of hydrogen-bond donors (Lipinski definition) is 1. The van der Waals surface area contributed by atoms with Gasteiger partial charge in [0.05, 0.1) is 0 Å². The Morgan fingerprint density at radius 2 is 1.92 bits per heavy atom. The molecule has 0 bridgehead atoms. The number of anilines is 1. The van der Waals surface area contributed by atoms with Crippen LogP contribution in [0.3, 0.4) is 0 Å². The van der Waals surface area contributed by atoms with Crippen LogP contribution in [0.25, 0.3) is 0 Å². The van der Waals surface area contributed by atoms with Crippen molar-refractivity contribution in [2.24, 2.45) is 0 Å². The van der Waals surface area contributed by atoms with Crippen LogP contribution in [0.2, 0.25) is 0 Å². The van der Waals surface area contributed by atoms with E-state index in [1.54, 1.807) is 12.1 Å². The summed E-state index contributed by atoms with van der Waals surface area (Å²) in [6.45, 7) is 3.47. The summed E-state index contributed by atoms with van der Waals surface area (Å²) in [4.78, 5) is 30.8. The number of halogens is 1. The van der Waals surface area contributed by atoms with Crippen LogP contribution < -0.4 is 5.32 Å². The highest BCUT2D eigenvalue weighted by molar-refractivity contribution is 9.10. The lowest BCUT2D eigenvalue weighted by Gasteiger charge is -2.15. The van der Waals surface area contributed by atoms with Crippen molar-refractivity contribution in [3.8, 4) is 0 Å². The molecule has 2 heterocycles. The summed E-state index contributed by atoms with van der Waals surface area (Å²) in [5.41, 5.74) is 2.41. The van der Waals surface area contributed by atoms with Crippen molar-refractivity contribution in [2.45, 2.75) is 19.8 Å². The predicted molar refractivity (Wildman–Crippen MR) is 96.2 cm³/mol. The molecule has 1 N–H and O–H groups in total. The van der Waals surface area contributed by atoms with Crippen molar-refractivity contribution < 1.29 is 9.59 Å².